The molecule has 20 heavy (non-hydrogen) atoms. The molecule has 1 aliphatic heterocycles. The van der Waals surface area contributed by atoms with Crippen molar-refractivity contribution in [2.45, 2.75) is 12.6 Å². The fourth-order valence-electron chi connectivity index (χ4n) is 2.15. The van der Waals surface area contributed by atoms with Gasteiger partial charge in [0, 0.05) is 19.0 Å². The van der Waals surface area contributed by atoms with Crippen LogP contribution in [0.1, 0.15) is 12.0 Å². The van der Waals surface area contributed by atoms with Crippen molar-refractivity contribution in [2.75, 3.05) is 18.0 Å². The molecule has 110 valence electrons. The average molecular weight is 403 g/mol. The van der Waals surface area contributed by atoms with E-state index in [9.17, 15) is 22.4 Å². The van der Waals surface area contributed by atoms with Gasteiger partial charge in [0.25, 0.3) is 0 Å². The zero-order chi connectivity index (χ0) is 14.9. The van der Waals surface area contributed by atoms with E-state index in [1.807, 2.05) is 0 Å². The van der Waals surface area contributed by atoms with Crippen LogP contribution in [-0.4, -0.2) is 19.1 Å². The minimum Gasteiger partial charge on any atom is -0.394 e. The highest BCUT2D eigenvalue weighted by molar-refractivity contribution is 14.1. The molecule has 1 aromatic carbocycles. The van der Waals surface area contributed by atoms with E-state index in [-0.39, 0.29) is 24.0 Å². The Morgan fingerprint density at radius 3 is 2.60 bits per heavy atom. The van der Waals surface area contributed by atoms with Crippen LogP contribution in [-0.2, 0) is 14.0 Å². The van der Waals surface area contributed by atoms with Gasteiger partial charge in [0.15, 0.2) is 28.8 Å². The van der Waals surface area contributed by atoms with E-state index in [1.165, 1.54) is 40.0 Å². The van der Waals surface area contributed by atoms with Gasteiger partial charge < -0.3 is 7.97 Å². The van der Waals surface area contributed by atoms with Crippen LogP contribution in [0.2, 0.25) is 0 Å². The minimum atomic E-state index is -4.71. The number of alkyl halides is 3. The van der Waals surface area contributed by atoms with Crippen molar-refractivity contribution >= 4 is 34.7 Å². The first-order chi connectivity index (χ1) is 9.32. The first-order valence-electron chi connectivity index (χ1n) is 5.75. The molecule has 3 nitrogen and oxygen atoms in total. The molecule has 0 saturated carbocycles. The summed E-state index contributed by atoms with van der Waals surface area (Å²) in [4.78, 5) is 12.5. The van der Waals surface area contributed by atoms with E-state index in [0.717, 1.165) is 0 Å². The van der Waals surface area contributed by atoms with Crippen LogP contribution >= 0.6 is 23.0 Å². The van der Waals surface area contributed by atoms with Crippen LogP contribution < -0.4 is 4.90 Å². The van der Waals surface area contributed by atoms with Crippen LogP contribution in [0.5, 0.6) is 0 Å². The smallest absolute Gasteiger partial charge is 0.394 e. The van der Waals surface area contributed by atoms with Crippen LogP contribution in [0.15, 0.2) is 18.2 Å². The van der Waals surface area contributed by atoms with Crippen LogP contribution in [0.4, 0.5) is 23.2 Å². The number of rotatable bonds is 3. The third-order valence-electron chi connectivity index (χ3n) is 3.12. The van der Waals surface area contributed by atoms with Crippen LogP contribution in [0.3, 0.4) is 0 Å². The number of hydrogen-bond acceptors (Lipinski definition) is 3. The topological polar surface area (TPSA) is 29.5 Å². The highest BCUT2D eigenvalue weighted by Gasteiger charge is 2.37. The Labute approximate surface area is 126 Å². The molecule has 0 radical (unpaired) electrons. The number of halogens is 5. The largest absolute Gasteiger partial charge is 0.419 e. The normalized spacial score (nSPS) is 15.9. The molecule has 0 amide bonds. The lowest BCUT2D eigenvalue weighted by Gasteiger charge is -2.40. The number of carbonyl (C=O) groups excluding carboxylic acids is 1. The molecule has 8 heteroatoms. The Balaban J connectivity index is 2.07. The van der Waals surface area contributed by atoms with Gasteiger partial charge in [-0.15, -0.1) is 0 Å². The molecular formula is C12H10F4INO2. The average Bonchev–Trinajstić information content (AvgIpc) is 2.32. The number of nitrogens with zero attached hydrogens (tertiary/aromatic N) is 1. The number of anilines is 1. The van der Waals surface area contributed by atoms with E-state index in [0.29, 0.717) is 19.2 Å². The molecule has 2 rings (SSSR count). The predicted octanol–water partition coefficient (Wildman–Crippen LogP) is 3.56. The molecule has 1 heterocycles. The van der Waals surface area contributed by atoms with Gasteiger partial charge in [-0.2, -0.15) is 13.2 Å². The first kappa shape index (κ1) is 15.3. The highest BCUT2D eigenvalue weighted by Crippen LogP contribution is 2.37. The summed E-state index contributed by atoms with van der Waals surface area (Å²) in [7, 11) is 0. The van der Waals surface area contributed by atoms with Crippen molar-refractivity contribution in [2.24, 2.45) is 5.92 Å². The summed E-state index contributed by atoms with van der Waals surface area (Å²) >= 11 is 1.47. The maximum atomic E-state index is 13.8. The molecule has 0 aliphatic carbocycles. The summed E-state index contributed by atoms with van der Waals surface area (Å²) in [5.74, 6) is -1.68. The molecule has 0 aromatic heterocycles. The van der Waals surface area contributed by atoms with Crippen molar-refractivity contribution < 1.29 is 25.4 Å². The fraction of sp³-hybridized carbons (Fsp3) is 0.417. The zero-order valence-corrected chi connectivity index (χ0v) is 12.2. The Morgan fingerprint density at radius 2 is 2.05 bits per heavy atom. The molecule has 0 atom stereocenters. The molecule has 1 saturated heterocycles. The molecule has 1 aliphatic rings. The summed E-state index contributed by atoms with van der Waals surface area (Å²) in [6, 6.07) is 3.19. The Hall–Kier alpha value is -1.06. The number of benzene rings is 1. The Morgan fingerprint density at radius 1 is 1.40 bits per heavy atom. The lowest BCUT2D eigenvalue weighted by atomic mass is 9.95. The minimum absolute atomic E-state index is 0.0220. The van der Waals surface area contributed by atoms with Crippen molar-refractivity contribution in [1.82, 2.24) is 0 Å². The second-order valence-corrected chi connectivity index (χ2v) is 5.00. The first-order valence-corrected chi connectivity index (χ1v) is 6.63. The second-order valence-electron chi connectivity index (χ2n) is 4.56. The molecule has 0 N–H and O–H groups in total. The van der Waals surface area contributed by atoms with E-state index >= 15 is 0 Å². The quantitative estimate of drug-likeness (QED) is 0.571. The lowest BCUT2D eigenvalue weighted by molar-refractivity contribution is -0.140. The summed E-state index contributed by atoms with van der Waals surface area (Å²) < 4.78 is 56.1. The third-order valence-corrected chi connectivity index (χ3v) is 3.61. The maximum absolute atomic E-state index is 13.8. The van der Waals surface area contributed by atoms with Crippen molar-refractivity contribution in [3.63, 3.8) is 0 Å². The van der Waals surface area contributed by atoms with Crippen molar-refractivity contribution in [3.05, 3.63) is 29.6 Å². The summed E-state index contributed by atoms with van der Waals surface area (Å²) in [5.41, 5.74) is -1.36. The molecule has 0 bridgehead atoms. The predicted molar refractivity (Wildman–Crippen MR) is 71.8 cm³/mol. The van der Waals surface area contributed by atoms with Crippen molar-refractivity contribution in [1.29, 1.82) is 0 Å². The standard InChI is InChI=1S/C12H10F4INO2/c13-11-8(12(14,15)16)2-1-3-9(11)18-5-7(6-18)4-10(19)20-17/h1-3,7H,4-6H2. The van der Waals surface area contributed by atoms with Crippen LogP contribution in [0, 0.1) is 11.7 Å². The summed E-state index contributed by atoms with van der Waals surface area (Å²) in [6.45, 7) is 0.675. The van der Waals surface area contributed by atoms with Gasteiger partial charge in [0.2, 0.25) is 0 Å². The SMILES string of the molecule is O=C(CC1CN(c2cccc(C(F)(F)F)c2F)C1)OI. The van der Waals surface area contributed by atoms with Gasteiger partial charge in [-0.25, -0.2) is 4.39 Å². The number of carbonyl (C=O) groups is 1. The molecule has 1 fully saturated rings. The monoisotopic (exact) mass is 403 g/mol. The van der Waals surface area contributed by atoms with Gasteiger partial charge in [-0.05, 0) is 12.1 Å². The van der Waals surface area contributed by atoms with Gasteiger partial charge >= 0.3 is 12.1 Å². The van der Waals surface area contributed by atoms with Gasteiger partial charge in [-0.1, -0.05) is 6.07 Å². The van der Waals surface area contributed by atoms with E-state index < -0.39 is 17.6 Å². The lowest BCUT2D eigenvalue weighted by Crippen LogP contribution is -2.48. The Kier molecular flexibility index (Phi) is 4.40. The zero-order valence-electron chi connectivity index (χ0n) is 10.1. The fourth-order valence-corrected chi connectivity index (χ4v) is 2.33. The van der Waals surface area contributed by atoms with Gasteiger partial charge in [0.1, 0.15) is 0 Å². The molecule has 1 aromatic rings. The number of hydrogen-bond donors (Lipinski definition) is 0. The van der Waals surface area contributed by atoms with Gasteiger partial charge in [0.05, 0.1) is 17.7 Å². The van der Waals surface area contributed by atoms with E-state index in [4.69, 9.17) is 0 Å². The summed E-state index contributed by atoms with van der Waals surface area (Å²) in [5, 5.41) is 0. The second kappa shape index (κ2) is 5.74. The van der Waals surface area contributed by atoms with Crippen molar-refractivity contribution in [3.8, 4) is 0 Å². The summed E-state index contributed by atoms with van der Waals surface area (Å²) in [6.07, 6.45) is -4.53. The highest BCUT2D eigenvalue weighted by atomic mass is 127. The van der Waals surface area contributed by atoms with Crippen LogP contribution in [0.25, 0.3) is 0 Å². The molecule has 0 unspecified atom stereocenters. The van der Waals surface area contributed by atoms with E-state index in [1.54, 1.807) is 0 Å². The third kappa shape index (κ3) is 3.15. The molecular weight excluding hydrogens is 393 g/mol. The molecule has 0 spiro atoms. The maximum Gasteiger partial charge on any atom is 0.419 e. The van der Waals surface area contributed by atoms with E-state index in [2.05, 4.69) is 3.07 Å². The Bertz CT molecular complexity index is 515. The van der Waals surface area contributed by atoms with Gasteiger partial charge in [-0.3, -0.25) is 4.79 Å².